The fourth-order valence-corrected chi connectivity index (χ4v) is 8.06. The summed E-state index contributed by atoms with van der Waals surface area (Å²) in [5.41, 5.74) is 2.92. The van der Waals surface area contributed by atoms with E-state index in [1.165, 1.54) is 28.8 Å². The SMILES string of the molecule is N#Cc1cc(-c2nc(-c3ccccc3)cc(-c3ccccc3)n2)c(-n2c3cc(C(F)(F)F)ccc3c3ccc(C(F)(F)F)cc32)c(-c2nc(-c3ccccc3)cc(-c3ccccc3)n2)c1. The van der Waals surface area contributed by atoms with Gasteiger partial charge in [0.1, 0.15) is 0 Å². The standard InChI is InChI=1S/C53H30F6N6/c54-52(55,56)37-21-23-39-40-24-22-38(53(57,58)59)28-48(40)65(47(39)27-37)49-41(50-61-43(33-13-5-1-6-14-33)29-44(62-50)34-15-7-2-8-16-34)25-32(31-60)26-42(49)51-63-45(35-17-9-3-10-18-35)30-46(64-51)36-19-11-4-12-20-36/h1-30H. The number of rotatable bonds is 7. The monoisotopic (exact) mass is 864 g/mol. The maximum Gasteiger partial charge on any atom is 0.416 e. The maximum atomic E-state index is 14.7. The number of aromatic nitrogens is 5. The maximum absolute atomic E-state index is 14.7. The summed E-state index contributed by atoms with van der Waals surface area (Å²) >= 11 is 0. The van der Waals surface area contributed by atoms with Crippen LogP contribution in [0.1, 0.15) is 16.7 Å². The molecule has 0 unspecified atom stereocenters. The lowest BCUT2D eigenvalue weighted by Gasteiger charge is -2.20. The van der Waals surface area contributed by atoms with Crippen LogP contribution in [0.2, 0.25) is 0 Å². The number of alkyl halides is 6. The van der Waals surface area contributed by atoms with Crippen LogP contribution >= 0.6 is 0 Å². The van der Waals surface area contributed by atoms with Gasteiger partial charge in [0.2, 0.25) is 0 Å². The molecule has 0 N–H and O–H groups in total. The molecule has 0 aliphatic rings. The molecule has 10 rings (SSSR count). The van der Waals surface area contributed by atoms with Gasteiger partial charge in [-0.25, -0.2) is 19.9 Å². The zero-order valence-electron chi connectivity index (χ0n) is 33.8. The Kier molecular flexibility index (Phi) is 10.0. The molecule has 0 saturated carbocycles. The molecule has 7 aromatic carbocycles. The fraction of sp³-hybridized carbons (Fsp3) is 0.0377. The number of nitriles is 1. The topological polar surface area (TPSA) is 80.3 Å². The van der Waals surface area contributed by atoms with Crippen LogP contribution in [-0.2, 0) is 12.4 Å². The van der Waals surface area contributed by atoms with E-state index in [0.717, 1.165) is 24.3 Å². The van der Waals surface area contributed by atoms with E-state index in [9.17, 15) is 31.6 Å². The van der Waals surface area contributed by atoms with Gasteiger partial charge in [-0.3, -0.25) is 0 Å². The van der Waals surface area contributed by atoms with Crippen molar-refractivity contribution in [1.82, 2.24) is 24.5 Å². The van der Waals surface area contributed by atoms with Crippen molar-refractivity contribution in [2.45, 2.75) is 12.4 Å². The van der Waals surface area contributed by atoms with E-state index in [0.29, 0.717) is 45.0 Å². The van der Waals surface area contributed by atoms with Crippen molar-refractivity contribution in [3.8, 4) is 79.6 Å². The minimum Gasteiger partial charge on any atom is -0.308 e. The smallest absolute Gasteiger partial charge is 0.308 e. The van der Waals surface area contributed by atoms with Crippen molar-refractivity contribution in [1.29, 1.82) is 5.26 Å². The van der Waals surface area contributed by atoms with Gasteiger partial charge >= 0.3 is 12.4 Å². The minimum absolute atomic E-state index is 0.0370. The second-order valence-corrected chi connectivity index (χ2v) is 15.2. The molecule has 314 valence electrons. The van der Waals surface area contributed by atoms with E-state index in [2.05, 4.69) is 6.07 Å². The molecule has 0 bridgehead atoms. The zero-order valence-corrected chi connectivity index (χ0v) is 33.8. The van der Waals surface area contributed by atoms with Gasteiger partial charge in [-0.15, -0.1) is 0 Å². The number of fused-ring (bicyclic) bond motifs is 3. The molecule has 12 heteroatoms. The Morgan fingerprint density at radius 1 is 0.400 bits per heavy atom. The normalized spacial score (nSPS) is 11.8. The van der Waals surface area contributed by atoms with Crippen LogP contribution in [0.3, 0.4) is 0 Å². The second kappa shape index (κ2) is 16.0. The van der Waals surface area contributed by atoms with Gasteiger partial charge in [0.25, 0.3) is 0 Å². The first-order valence-electron chi connectivity index (χ1n) is 20.2. The van der Waals surface area contributed by atoms with Gasteiger partial charge < -0.3 is 4.57 Å². The highest BCUT2D eigenvalue weighted by molar-refractivity contribution is 6.11. The molecule has 10 aromatic rings. The molecule has 0 aliphatic carbocycles. The van der Waals surface area contributed by atoms with E-state index < -0.39 is 23.5 Å². The molecule has 0 saturated heterocycles. The third-order valence-corrected chi connectivity index (χ3v) is 11.1. The number of benzene rings is 7. The molecule has 0 spiro atoms. The Morgan fingerprint density at radius 2 is 0.723 bits per heavy atom. The van der Waals surface area contributed by atoms with Crippen LogP contribution < -0.4 is 0 Å². The highest BCUT2D eigenvalue weighted by atomic mass is 19.4. The first-order valence-corrected chi connectivity index (χ1v) is 20.2. The lowest BCUT2D eigenvalue weighted by atomic mass is 9.99. The molecule has 65 heavy (non-hydrogen) atoms. The largest absolute Gasteiger partial charge is 0.416 e. The van der Waals surface area contributed by atoms with Gasteiger partial charge in [0.15, 0.2) is 11.6 Å². The summed E-state index contributed by atoms with van der Waals surface area (Å²) in [6.07, 6.45) is -9.64. The third-order valence-electron chi connectivity index (χ3n) is 11.1. The van der Waals surface area contributed by atoms with E-state index in [1.807, 2.05) is 121 Å². The molecule has 0 atom stereocenters. The van der Waals surface area contributed by atoms with Gasteiger partial charge in [0, 0.05) is 44.2 Å². The first kappa shape index (κ1) is 40.6. The molecule has 0 fully saturated rings. The Balaban J connectivity index is 1.41. The number of nitrogens with zero attached hydrogens (tertiary/aromatic N) is 6. The fourth-order valence-electron chi connectivity index (χ4n) is 8.06. The Bertz CT molecular complexity index is 3120. The summed E-state index contributed by atoms with van der Waals surface area (Å²) in [6.45, 7) is 0. The van der Waals surface area contributed by atoms with Gasteiger partial charge in [-0.1, -0.05) is 133 Å². The van der Waals surface area contributed by atoms with Crippen molar-refractivity contribution < 1.29 is 26.3 Å². The van der Waals surface area contributed by atoms with Crippen LogP contribution in [0.15, 0.2) is 182 Å². The number of hydrogen-bond donors (Lipinski definition) is 0. The molecule has 0 radical (unpaired) electrons. The first-order chi connectivity index (χ1) is 31.4. The Labute approximate surface area is 367 Å². The van der Waals surface area contributed by atoms with Gasteiger partial charge in [-0.2, -0.15) is 31.6 Å². The minimum atomic E-state index is -4.82. The molecule has 3 aromatic heterocycles. The molecule has 6 nitrogen and oxygen atoms in total. The summed E-state index contributed by atoms with van der Waals surface area (Å²) in [5.74, 6) is 0.0741. The summed E-state index contributed by atoms with van der Waals surface area (Å²) < 4.78 is 89.6. The summed E-state index contributed by atoms with van der Waals surface area (Å²) in [6, 6.07) is 52.0. The van der Waals surface area contributed by atoms with E-state index >= 15 is 0 Å². The highest BCUT2D eigenvalue weighted by Crippen LogP contribution is 2.45. The zero-order chi connectivity index (χ0) is 44.9. The molecular weight excluding hydrogens is 835 g/mol. The lowest BCUT2D eigenvalue weighted by Crippen LogP contribution is -2.09. The second-order valence-electron chi connectivity index (χ2n) is 15.2. The summed E-state index contributed by atoms with van der Waals surface area (Å²) in [7, 11) is 0. The molecule has 0 amide bonds. The summed E-state index contributed by atoms with van der Waals surface area (Å²) in [5, 5.41) is 11.2. The summed E-state index contributed by atoms with van der Waals surface area (Å²) in [4.78, 5) is 20.2. The number of halogens is 6. The van der Waals surface area contributed by atoms with Gasteiger partial charge in [0.05, 0.1) is 62.3 Å². The average molecular weight is 865 g/mol. The Hall–Kier alpha value is -8.43. The van der Waals surface area contributed by atoms with Crippen molar-refractivity contribution in [3.05, 3.63) is 199 Å². The van der Waals surface area contributed by atoms with Crippen LogP contribution in [0.4, 0.5) is 26.3 Å². The van der Waals surface area contributed by atoms with Crippen molar-refractivity contribution in [3.63, 3.8) is 0 Å². The van der Waals surface area contributed by atoms with Crippen LogP contribution in [-0.4, -0.2) is 24.5 Å². The molecule has 0 aliphatic heterocycles. The van der Waals surface area contributed by atoms with E-state index in [-0.39, 0.29) is 55.8 Å². The molecular formula is C53H30F6N6. The van der Waals surface area contributed by atoms with Crippen LogP contribution in [0, 0.1) is 11.3 Å². The average Bonchev–Trinajstić information content (AvgIpc) is 3.66. The quantitative estimate of drug-likeness (QED) is 0.149. The van der Waals surface area contributed by atoms with Crippen molar-refractivity contribution >= 4 is 21.8 Å². The van der Waals surface area contributed by atoms with Gasteiger partial charge in [-0.05, 0) is 48.5 Å². The third kappa shape index (κ3) is 7.74. The molecule has 3 heterocycles. The van der Waals surface area contributed by atoms with E-state index in [1.54, 1.807) is 12.1 Å². The van der Waals surface area contributed by atoms with Crippen molar-refractivity contribution in [2.75, 3.05) is 0 Å². The van der Waals surface area contributed by atoms with Crippen molar-refractivity contribution in [2.24, 2.45) is 0 Å². The predicted molar refractivity (Wildman–Crippen MR) is 239 cm³/mol. The lowest BCUT2D eigenvalue weighted by molar-refractivity contribution is -0.138. The van der Waals surface area contributed by atoms with E-state index in [4.69, 9.17) is 19.9 Å². The highest BCUT2D eigenvalue weighted by Gasteiger charge is 2.34. The Morgan fingerprint density at radius 3 is 1.02 bits per heavy atom. The predicted octanol–water partition coefficient (Wildman–Crippen LogP) is 14.3. The van der Waals surface area contributed by atoms with Crippen LogP contribution in [0.25, 0.3) is 95.3 Å². The van der Waals surface area contributed by atoms with Crippen LogP contribution in [0.5, 0.6) is 0 Å². The number of hydrogen-bond acceptors (Lipinski definition) is 5.